The molecule has 2 N–H and O–H groups in total. The molecule has 2 aromatic carbocycles. The summed E-state index contributed by atoms with van der Waals surface area (Å²) in [6.07, 6.45) is 0.659. The Morgan fingerprint density at radius 2 is 1.57 bits per heavy atom. The number of nitrogens with two attached hydrogens (primary N) is 1. The van der Waals surface area contributed by atoms with Crippen molar-refractivity contribution >= 4 is 23.2 Å². The summed E-state index contributed by atoms with van der Waals surface area (Å²) in [5.41, 5.74) is 8.19. The van der Waals surface area contributed by atoms with Crippen LogP contribution in [0.25, 0.3) is 0 Å². The molecule has 0 aromatic heterocycles. The maximum Gasteiger partial charge on any atom is 0.162 e. The van der Waals surface area contributed by atoms with Crippen LogP contribution in [0.15, 0.2) is 36.4 Å². The van der Waals surface area contributed by atoms with Gasteiger partial charge in [0.2, 0.25) is 0 Å². The van der Waals surface area contributed by atoms with Gasteiger partial charge in [0.25, 0.3) is 0 Å². The lowest BCUT2D eigenvalue weighted by molar-refractivity contribution is 0.354. The van der Waals surface area contributed by atoms with Gasteiger partial charge in [0.05, 0.1) is 14.2 Å². The molecule has 3 nitrogen and oxygen atoms in total. The van der Waals surface area contributed by atoms with Gasteiger partial charge >= 0.3 is 0 Å². The second kappa shape index (κ2) is 7.03. The summed E-state index contributed by atoms with van der Waals surface area (Å²) >= 11 is 12.2. The number of hydrogen-bond donors (Lipinski definition) is 1. The number of benzene rings is 2. The van der Waals surface area contributed by atoms with Gasteiger partial charge in [-0.2, -0.15) is 0 Å². The predicted octanol–water partition coefficient (Wildman–Crippen LogP) is 4.25. The van der Waals surface area contributed by atoms with E-state index >= 15 is 0 Å². The van der Waals surface area contributed by atoms with E-state index in [1.54, 1.807) is 20.3 Å². The molecule has 5 heteroatoms. The van der Waals surface area contributed by atoms with E-state index in [4.69, 9.17) is 38.4 Å². The molecule has 112 valence electrons. The summed E-state index contributed by atoms with van der Waals surface area (Å²) in [4.78, 5) is 0. The Bertz CT molecular complexity index is 614. The third-order valence-corrected chi connectivity index (χ3v) is 3.85. The summed E-state index contributed by atoms with van der Waals surface area (Å²) < 4.78 is 10.5. The van der Waals surface area contributed by atoms with Crippen molar-refractivity contribution in [1.29, 1.82) is 0 Å². The Hall–Kier alpha value is -1.42. The van der Waals surface area contributed by atoms with E-state index in [1.807, 2.05) is 30.3 Å². The third kappa shape index (κ3) is 3.82. The first-order chi connectivity index (χ1) is 10.0. The summed E-state index contributed by atoms with van der Waals surface area (Å²) in [6.45, 7) is 0. The molecule has 0 fully saturated rings. The van der Waals surface area contributed by atoms with Gasteiger partial charge in [-0.25, -0.2) is 0 Å². The predicted molar refractivity (Wildman–Crippen MR) is 86.6 cm³/mol. The molecule has 0 amide bonds. The van der Waals surface area contributed by atoms with E-state index in [-0.39, 0.29) is 6.04 Å². The standard InChI is InChI=1S/C16H17Cl2NO2/c1-20-15-8-12(13(18)9-16(15)21-2)14(19)7-10-3-5-11(17)6-4-10/h3-6,8-9,14H,7,19H2,1-2H3. The monoisotopic (exact) mass is 325 g/mol. The quantitative estimate of drug-likeness (QED) is 0.893. The average molecular weight is 326 g/mol. The van der Waals surface area contributed by atoms with Crippen molar-refractivity contribution in [3.63, 3.8) is 0 Å². The van der Waals surface area contributed by atoms with Crippen LogP contribution in [0.1, 0.15) is 17.2 Å². The summed E-state index contributed by atoms with van der Waals surface area (Å²) in [5, 5.41) is 1.27. The fourth-order valence-corrected chi connectivity index (χ4v) is 2.56. The van der Waals surface area contributed by atoms with Crippen LogP contribution in [0, 0.1) is 0 Å². The lowest BCUT2D eigenvalue weighted by atomic mass is 9.99. The highest BCUT2D eigenvalue weighted by Crippen LogP contribution is 2.36. The minimum Gasteiger partial charge on any atom is -0.493 e. The molecule has 21 heavy (non-hydrogen) atoms. The summed E-state index contributed by atoms with van der Waals surface area (Å²) in [5.74, 6) is 1.20. The number of ether oxygens (including phenoxy) is 2. The van der Waals surface area contributed by atoms with Crippen LogP contribution in [0.4, 0.5) is 0 Å². The van der Waals surface area contributed by atoms with E-state index in [9.17, 15) is 0 Å². The lowest BCUT2D eigenvalue weighted by Crippen LogP contribution is -2.14. The Morgan fingerprint density at radius 3 is 2.14 bits per heavy atom. The molecule has 2 aromatic rings. The maximum absolute atomic E-state index is 6.29. The topological polar surface area (TPSA) is 44.5 Å². The van der Waals surface area contributed by atoms with Gasteiger partial charge in [0.15, 0.2) is 11.5 Å². The smallest absolute Gasteiger partial charge is 0.162 e. The highest BCUT2D eigenvalue weighted by molar-refractivity contribution is 6.31. The third-order valence-electron chi connectivity index (χ3n) is 3.27. The first-order valence-corrected chi connectivity index (χ1v) is 7.22. The molecule has 0 heterocycles. The second-order valence-corrected chi connectivity index (χ2v) is 5.51. The van der Waals surface area contributed by atoms with Crippen LogP contribution < -0.4 is 15.2 Å². The minimum absolute atomic E-state index is 0.238. The molecule has 0 aliphatic rings. The van der Waals surface area contributed by atoms with Gasteiger partial charge in [-0.05, 0) is 35.7 Å². The van der Waals surface area contributed by atoms with Crippen molar-refractivity contribution in [3.05, 3.63) is 57.6 Å². The van der Waals surface area contributed by atoms with Crippen molar-refractivity contribution in [1.82, 2.24) is 0 Å². The molecule has 0 aliphatic carbocycles. The Balaban J connectivity index is 2.26. The highest BCUT2D eigenvalue weighted by Gasteiger charge is 2.16. The minimum atomic E-state index is -0.238. The van der Waals surface area contributed by atoms with Crippen LogP contribution in [-0.2, 0) is 6.42 Å². The number of hydrogen-bond acceptors (Lipinski definition) is 3. The average Bonchev–Trinajstić information content (AvgIpc) is 2.49. The maximum atomic E-state index is 6.29. The van der Waals surface area contributed by atoms with Crippen molar-refractivity contribution in [3.8, 4) is 11.5 Å². The molecule has 0 bridgehead atoms. The van der Waals surface area contributed by atoms with Gasteiger partial charge in [0, 0.05) is 22.2 Å². The number of halogens is 2. The first kappa shape index (κ1) is 16.0. The van der Waals surface area contributed by atoms with Crippen LogP contribution in [0.5, 0.6) is 11.5 Å². The van der Waals surface area contributed by atoms with Crippen molar-refractivity contribution < 1.29 is 9.47 Å². The van der Waals surface area contributed by atoms with Gasteiger partial charge in [-0.1, -0.05) is 35.3 Å². The number of methoxy groups -OCH3 is 2. The highest BCUT2D eigenvalue weighted by atomic mass is 35.5. The van der Waals surface area contributed by atoms with E-state index in [0.717, 1.165) is 11.1 Å². The molecule has 0 radical (unpaired) electrons. The molecule has 0 spiro atoms. The molecule has 2 rings (SSSR count). The zero-order valence-corrected chi connectivity index (χ0v) is 13.4. The van der Waals surface area contributed by atoms with Crippen LogP contribution in [0.2, 0.25) is 10.0 Å². The van der Waals surface area contributed by atoms with Gasteiger partial charge in [-0.15, -0.1) is 0 Å². The van der Waals surface area contributed by atoms with E-state index in [2.05, 4.69) is 0 Å². The van der Waals surface area contributed by atoms with Gasteiger partial charge < -0.3 is 15.2 Å². The Morgan fingerprint density at radius 1 is 1.00 bits per heavy atom. The SMILES string of the molecule is COc1cc(Cl)c(C(N)Cc2ccc(Cl)cc2)cc1OC. The van der Waals surface area contributed by atoms with E-state index < -0.39 is 0 Å². The molecule has 1 atom stereocenters. The lowest BCUT2D eigenvalue weighted by Gasteiger charge is -2.17. The van der Waals surface area contributed by atoms with Gasteiger partial charge in [0.1, 0.15) is 0 Å². The molecule has 1 unspecified atom stereocenters. The van der Waals surface area contributed by atoms with Crippen LogP contribution >= 0.6 is 23.2 Å². The molecule has 0 saturated heterocycles. The second-order valence-electron chi connectivity index (χ2n) is 4.67. The van der Waals surface area contributed by atoms with Crippen LogP contribution in [0.3, 0.4) is 0 Å². The first-order valence-electron chi connectivity index (χ1n) is 6.46. The van der Waals surface area contributed by atoms with Crippen molar-refractivity contribution in [2.24, 2.45) is 5.73 Å². The Labute approximate surface area is 134 Å². The zero-order chi connectivity index (χ0) is 15.4. The molecule has 0 saturated carbocycles. The van der Waals surface area contributed by atoms with Crippen LogP contribution in [-0.4, -0.2) is 14.2 Å². The molecular weight excluding hydrogens is 309 g/mol. The molecular formula is C16H17Cl2NO2. The fourth-order valence-electron chi connectivity index (χ4n) is 2.14. The van der Waals surface area contributed by atoms with E-state index in [1.165, 1.54) is 0 Å². The largest absolute Gasteiger partial charge is 0.493 e. The van der Waals surface area contributed by atoms with Gasteiger partial charge in [-0.3, -0.25) is 0 Å². The summed E-state index contributed by atoms with van der Waals surface area (Å²) in [7, 11) is 3.15. The normalized spacial score (nSPS) is 12.0. The van der Waals surface area contributed by atoms with Crippen molar-refractivity contribution in [2.75, 3.05) is 14.2 Å². The van der Waals surface area contributed by atoms with E-state index in [0.29, 0.717) is 28.0 Å². The number of rotatable bonds is 5. The molecule has 0 aliphatic heterocycles. The summed E-state index contributed by atoms with van der Waals surface area (Å²) in [6, 6.07) is 10.9. The fraction of sp³-hybridized carbons (Fsp3) is 0.250. The zero-order valence-electron chi connectivity index (χ0n) is 11.9. The Kier molecular flexibility index (Phi) is 5.34. The van der Waals surface area contributed by atoms with Crippen molar-refractivity contribution in [2.45, 2.75) is 12.5 Å².